The first-order valence-electron chi connectivity index (χ1n) is 9.90. The van der Waals surface area contributed by atoms with E-state index in [0.717, 1.165) is 12.0 Å². The molecule has 162 valence electrons. The van der Waals surface area contributed by atoms with Crippen molar-refractivity contribution in [3.63, 3.8) is 0 Å². The van der Waals surface area contributed by atoms with Crippen molar-refractivity contribution in [2.75, 3.05) is 11.4 Å². The first kappa shape index (κ1) is 22.8. The number of methoxy groups -OCH3 is 1. The minimum Gasteiger partial charge on any atom is -0.496 e. The van der Waals surface area contributed by atoms with Crippen molar-refractivity contribution >= 4 is 27.7 Å². The molecule has 3 aromatic rings. The van der Waals surface area contributed by atoms with E-state index < -0.39 is 15.9 Å². The van der Waals surface area contributed by atoms with Gasteiger partial charge in [0.2, 0.25) is 0 Å². The Morgan fingerprint density at radius 3 is 2.22 bits per heavy atom. The van der Waals surface area contributed by atoms with E-state index in [1.165, 1.54) is 25.3 Å². The quantitative estimate of drug-likeness (QED) is 0.391. The summed E-state index contributed by atoms with van der Waals surface area (Å²) in [6.45, 7) is 1.97. The summed E-state index contributed by atoms with van der Waals surface area (Å²) in [6.07, 6.45) is 2.09. The van der Waals surface area contributed by atoms with Crippen molar-refractivity contribution in [3.8, 4) is 11.8 Å². The van der Waals surface area contributed by atoms with Crippen LogP contribution in [-0.2, 0) is 21.2 Å². The lowest BCUT2D eigenvalue weighted by Crippen LogP contribution is -2.37. The lowest BCUT2D eigenvalue weighted by molar-refractivity contribution is -0.113. The summed E-state index contributed by atoms with van der Waals surface area (Å²) in [5, 5.41) is 9.73. The number of anilines is 1. The number of carbonyl (C=O) groups excluding carboxylic acids is 1. The zero-order valence-corrected chi connectivity index (χ0v) is 18.5. The van der Waals surface area contributed by atoms with E-state index in [4.69, 9.17) is 4.74 Å². The maximum atomic E-state index is 13.5. The molecule has 0 fully saturated rings. The van der Waals surface area contributed by atoms with Crippen molar-refractivity contribution in [1.29, 1.82) is 5.26 Å². The number of ether oxygens (including phenoxy) is 1. The average Bonchev–Trinajstić information content (AvgIpc) is 2.83. The first-order valence-corrected chi connectivity index (χ1v) is 11.3. The van der Waals surface area contributed by atoms with Crippen LogP contribution in [0.15, 0.2) is 89.3 Å². The maximum Gasteiger partial charge on any atom is 0.282 e. The normalized spacial score (nSPS) is 11.5. The van der Waals surface area contributed by atoms with Crippen LogP contribution in [0, 0.1) is 11.3 Å². The molecule has 3 aromatic carbocycles. The van der Waals surface area contributed by atoms with Gasteiger partial charge in [-0.3, -0.25) is 4.79 Å². The monoisotopic (exact) mass is 446 g/mol. The number of rotatable bonds is 7. The highest BCUT2D eigenvalue weighted by Crippen LogP contribution is 2.28. The molecule has 6 nitrogen and oxygen atoms in total. The number of hydrogen-bond donors (Lipinski definition) is 0. The van der Waals surface area contributed by atoms with Gasteiger partial charge in [0.15, 0.2) is 0 Å². The molecule has 0 atom stereocenters. The fourth-order valence-corrected chi connectivity index (χ4v) is 4.55. The van der Waals surface area contributed by atoms with Crippen LogP contribution in [-0.4, -0.2) is 21.4 Å². The molecule has 3 rings (SSSR count). The van der Waals surface area contributed by atoms with Crippen LogP contribution in [0.3, 0.4) is 0 Å². The van der Waals surface area contributed by atoms with Gasteiger partial charge >= 0.3 is 0 Å². The third kappa shape index (κ3) is 4.71. The molecule has 1 amide bonds. The van der Waals surface area contributed by atoms with Crippen LogP contribution in [0.1, 0.15) is 18.1 Å². The molecule has 0 saturated heterocycles. The van der Waals surface area contributed by atoms with Crippen LogP contribution in [0.5, 0.6) is 5.75 Å². The van der Waals surface area contributed by atoms with Crippen molar-refractivity contribution in [1.82, 2.24) is 0 Å². The Balaban J connectivity index is 2.16. The second-order valence-corrected chi connectivity index (χ2v) is 8.61. The van der Waals surface area contributed by atoms with Gasteiger partial charge in [-0.1, -0.05) is 55.5 Å². The molecule has 0 aliphatic rings. The fraction of sp³-hybridized carbons (Fsp3) is 0.120. The van der Waals surface area contributed by atoms with Gasteiger partial charge in [-0.05, 0) is 48.4 Å². The Bertz CT molecular complexity index is 1280. The summed E-state index contributed by atoms with van der Waals surface area (Å²) in [5.74, 6) is -0.496. The van der Waals surface area contributed by atoms with Gasteiger partial charge in [0, 0.05) is 5.56 Å². The van der Waals surface area contributed by atoms with Gasteiger partial charge in [0.25, 0.3) is 15.9 Å². The number of nitrogens with zero attached hydrogens (tertiary/aromatic N) is 2. The van der Waals surface area contributed by atoms with E-state index >= 15 is 0 Å². The Morgan fingerprint density at radius 2 is 1.62 bits per heavy atom. The largest absolute Gasteiger partial charge is 0.496 e. The van der Waals surface area contributed by atoms with Crippen molar-refractivity contribution in [3.05, 3.63) is 95.6 Å². The molecular weight excluding hydrogens is 424 g/mol. The van der Waals surface area contributed by atoms with Crippen LogP contribution in [0.25, 0.3) is 6.08 Å². The van der Waals surface area contributed by atoms with Gasteiger partial charge < -0.3 is 4.74 Å². The molecule has 0 spiro atoms. The lowest BCUT2D eigenvalue weighted by atomic mass is 10.1. The summed E-state index contributed by atoms with van der Waals surface area (Å²) in [4.78, 5) is 13.4. The topological polar surface area (TPSA) is 87.5 Å². The SMILES string of the molecule is CCc1ccc(N(C(=O)/C(C#N)=C/c2ccccc2OC)S(=O)(=O)c2ccccc2)cc1. The number of aryl methyl sites for hydroxylation is 1. The molecule has 0 saturated carbocycles. The molecule has 32 heavy (non-hydrogen) atoms. The highest BCUT2D eigenvalue weighted by molar-refractivity contribution is 7.93. The van der Waals surface area contributed by atoms with Gasteiger partial charge in [-0.2, -0.15) is 9.57 Å². The van der Waals surface area contributed by atoms with Gasteiger partial charge in [0.1, 0.15) is 17.4 Å². The Hall–Kier alpha value is -3.89. The average molecular weight is 447 g/mol. The van der Waals surface area contributed by atoms with Gasteiger partial charge in [-0.15, -0.1) is 0 Å². The van der Waals surface area contributed by atoms with E-state index in [0.29, 0.717) is 15.6 Å². The smallest absolute Gasteiger partial charge is 0.282 e. The van der Waals surface area contributed by atoms with Crippen LogP contribution in [0.4, 0.5) is 5.69 Å². The Labute approximate surface area is 188 Å². The zero-order valence-electron chi connectivity index (χ0n) is 17.7. The Morgan fingerprint density at radius 1 is 1.00 bits per heavy atom. The van der Waals surface area contributed by atoms with Gasteiger partial charge in [0.05, 0.1) is 17.7 Å². The van der Waals surface area contributed by atoms with Crippen molar-refractivity contribution < 1.29 is 17.9 Å². The minimum absolute atomic E-state index is 0.0532. The van der Waals surface area contributed by atoms with E-state index in [9.17, 15) is 18.5 Å². The number of benzene rings is 3. The number of amides is 1. The summed E-state index contributed by atoms with van der Waals surface area (Å²) in [7, 11) is -2.80. The second kappa shape index (κ2) is 9.94. The molecule has 0 aromatic heterocycles. The molecule has 0 heterocycles. The fourth-order valence-electron chi connectivity index (χ4n) is 3.12. The highest BCUT2D eigenvalue weighted by Gasteiger charge is 2.33. The number of nitriles is 1. The van der Waals surface area contributed by atoms with E-state index in [1.807, 2.05) is 13.0 Å². The van der Waals surface area contributed by atoms with Crippen LogP contribution < -0.4 is 9.04 Å². The summed E-state index contributed by atoms with van der Waals surface area (Å²) < 4.78 is 32.9. The molecule has 7 heteroatoms. The predicted molar refractivity (Wildman–Crippen MR) is 124 cm³/mol. The molecule has 0 radical (unpaired) electrons. The summed E-state index contributed by atoms with van der Waals surface area (Å²) >= 11 is 0. The number of carbonyl (C=O) groups is 1. The first-order chi connectivity index (χ1) is 15.4. The zero-order chi connectivity index (χ0) is 23.1. The van der Waals surface area contributed by atoms with Crippen LogP contribution in [0.2, 0.25) is 0 Å². The standard InChI is InChI=1S/C25H22N2O4S/c1-3-19-13-15-22(16-14-19)27(32(29,30)23-10-5-4-6-11-23)25(28)21(18-26)17-20-9-7-8-12-24(20)31-2/h4-17H,3H2,1-2H3/b21-17+. The third-order valence-corrected chi connectivity index (χ3v) is 6.56. The van der Waals surface area contributed by atoms with Crippen LogP contribution >= 0.6 is 0 Å². The molecule has 0 bridgehead atoms. The number of para-hydroxylation sites is 1. The van der Waals surface area contributed by atoms with E-state index in [1.54, 1.807) is 66.7 Å². The summed E-state index contributed by atoms with van der Waals surface area (Å²) in [5.41, 5.74) is 1.28. The molecule has 0 N–H and O–H groups in total. The minimum atomic E-state index is -4.28. The lowest BCUT2D eigenvalue weighted by Gasteiger charge is -2.22. The molecule has 0 aliphatic heterocycles. The predicted octanol–water partition coefficient (Wildman–Crippen LogP) is 4.59. The van der Waals surface area contributed by atoms with Crippen molar-refractivity contribution in [2.24, 2.45) is 0 Å². The molecular formula is C25H22N2O4S. The molecule has 0 aliphatic carbocycles. The van der Waals surface area contributed by atoms with Crippen molar-refractivity contribution in [2.45, 2.75) is 18.2 Å². The number of sulfonamides is 1. The molecule has 0 unspecified atom stereocenters. The van der Waals surface area contributed by atoms with E-state index in [-0.39, 0.29) is 16.2 Å². The highest BCUT2D eigenvalue weighted by atomic mass is 32.2. The number of hydrogen-bond acceptors (Lipinski definition) is 5. The summed E-state index contributed by atoms with van der Waals surface area (Å²) in [6, 6.07) is 23.0. The van der Waals surface area contributed by atoms with E-state index in [2.05, 4.69) is 0 Å². The van der Waals surface area contributed by atoms with Gasteiger partial charge in [-0.25, -0.2) is 8.42 Å². The maximum absolute atomic E-state index is 13.5. The second-order valence-electron chi connectivity index (χ2n) is 6.82. The third-order valence-electron chi connectivity index (χ3n) is 4.83. The Kier molecular flexibility index (Phi) is 7.08.